The molecule has 222 valence electrons. The maximum Gasteiger partial charge on any atom is 3.00 e. The summed E-state index contributed by atoms with van der Waals surface area (Å²) in [5, 5.41) is 3.28. The molecule has 3 aromatic heterocycles. The van der Waals surface area contributed by atoms with Gasteiger partial charge in [0.2, 0.25) is 0 Å². The van der Waals surface area contributed by atoms with Gasteiger partial charge in [0.15, 0.2) is 0 Å². The Morgan fingerprint density at radius 1 is 0.283 bits per heavy atom. The number of hydrogen-bond acceptors (Lipinski definition) is 6. The molecule has 0 unspecified atom stereocenters. The zero-order valence-electron chi connectivity index (χ0n) is 24.5. The number of fused-ring (bicyclic) bond motifs is 3. The Balaban J connectivity index is 0.000000120. The van der Waals surface area contributed by atoms with Crippen LogP contribution in [-0.4, -0.2) is 15.0 Å². The molecule has 0 spiro atoms. The number of benzene rings is 6. The zero-order valence-corrected chi connectivity index (χ0v) is 29.3. The molecule has 0 amide bonds. The average Bonchev–Trinajstić information content (AvgIpc) is 3.87. The van der Waals surface area contributed by atoms with Gasteiger partial charge in [-0.05, 0) is 36.4 Å². The van der Waals surface area contributed by atoms with Gasteiger partial charge in [-0.2, -0.15) is 0 Å². The van der Waals surface area contributed by atoms with E-state index in [2.05, 4.69) is 106 Å². The smallest absolute Gasteiger partial charge is 0.236 e. The summed E-state index contributed by atoms with van der Waals surface area (Å²) >= 11 is 5.22. The number of thiazole rings is 3. The van der Waals surface area contributed by atoms with Gasteiger partial charge in [-0.15, -0.1) is 34.0 Å². The van der Waals surface area contributed by atoms with E-state index in [0.717, 1.165) is 31.6 Å². The van der Waals surface area contributed by atoms with Crippen LogP contribution < -0.4 is 0 Å². The molecule has 3 heterocycles. The van der Waals surface area contributed by atoms with Crippen molar-refractivity contribution in [1.29, 1.82) is 0 Å². The van der Waals surface area contributed by atoms with Crippen LogP contribution in [0.3, 0.4) is 0 Å². The second-order valence-electron chi connectivity index (χ2n) is 10.1. The molecule has 0 aliphatic rings. The second-order valence-corrected chi connectivity index (χ2v) is 13.2. The first-order chi connectivity index (χ1) is 22.3. The van der Waals surface area contributed by atoms with Gasteiger partial charge in [0.05, 0.1) is 30.6 Å². The molecule has 0 bridgehead atoms. The molecule has 0 radical (unpaired) electrons. The topological polar surface area (TPSA) is 38.7 Å². The van der Waals surface area contributed by atoms with Gasteiger partial charge in [-0.25, -0.2) is 15.0 Å². The maximum atomic E-state index is 4.60. The van der Waals surface area contributed by atoms with E-state index in [-0.39, 0.29) is 20.1 Å². The fourth-order valence-corrected chi connectivity index (χ4v) is 7.64. The molecular weight excluding hydrogens is 799 g/mol. The van der Waals surface area contributed by atoms with Gasteiger partial charge in [0.1, 0.15) is 15.0 Å². The molecule has 0 aliphatic carbocycles. The molecule has 0 N–H and O–H groups in total. The molecule has 9 rings (SSSR count). The van der Waals surface area contributed by atoms with Crippen LogP contribution in [0.2, 0.25) is 0 Å². The Morgan fingerprint density at radius 2 is 0.522 bits per heavy atom. The van der Waals surface area contributed by atoms with Crippen molar-refractivity contribution in [1.82, 2.24) is 15.0 Å². The van der Waals surface area contributed by atoms with Gasteiger partial charge < -0.3 is 0 Å². The van der Waals surface area contributed by atoms with Crippen molar-refractivity contribution < 1.29 is 20.1 Å². The van der Waals surface area contributed by atoms with Crippen LogP contribution in [0.1, 0.15) is 0 Å². The third-order valence-corrected chi connectivity index (χ3v) is 10.2. The van der Waals surface area contributed by atoms with E-state index < -0.39 is 0 Å². The fourth-order valence-electron chi connectivity index (χ4n) is 4.73. The summed E-state index contributed by atoms with van der Waals surface area (Å²) in [6.07, 6.45) is 0. The van der Waals surface area contributed by atoms with E-state index in [1.807, 2.05) is 72.8 Å². The van der Waals surface area contributed by atoms with Crippen molar-refractivity contribution in [3.05, 3.63) is 164 Å². The largest absolute Gasteiger partial charge is 3.00 e. The predicted molar refractivity (Wildman–Crippen MR) is 195 cm³/mol. The molecule has 46 heavy (non-hydrogen) atoms. The Labute approximate surface area is 293 Å². The van der Waals surface area contributed by atoms with Crippen LogP contribution in [0.5, 0.6) is 0 Å². The minimum absolute atomic E-state index is 0. The summed E-state index contributed by atoms with van der Waals surface area (Å²) < 4.78 is 3.74. The van der Waals surface area contributed by atoms with E-state index in [1.54, 1.807) is 34.0 Å². The standard InChI is InChI=1S/3C13H9NS.Ir/c3*1-2-6-10(7-3-1)13-14-11-8-4-5-9-12(11)15-13;/h3*1-9H;/q;;;+3. The minimum atomic E-state index is 0. The summed E-state index contributed by atoms with van der Waals surface area (Å²) in [6, 6.07) is 55.6. The Bertz CT molecular complexity index is 1920. The Hall–Kier alpha value is -4.36. The van der Waals surface area contributed by atoms with Crippen LogP contribution in [0.4, 0.5) is 0 Å². The normalized spacial score (nSPS) is 10.4. The van der Waals surface area contributed by atoms with Crippen LogP contribution >= 0.6 is 34.0 Å². The minimum Gasteiger partial charge on any atom is -0.236 e. The monoisotopic (exact) mass is 826 g/mol. The number of nitrogens with zero attached hydrogens (tertiary/aromatic N) is 3. The summed E-state index contributed by atoms with van der Waals surface area (Å²) in [5.74, 6) is 0. The second kappa shape index (κ2) is 15.3. The van der Waals surface area contributed by atoms with E-state index in [9.17, 15) is 0 Å². The van der Waals surface area contributed by atoms with Crippen molar-refractivity contribution in [2.24, 2.45) is 0 Å². The number of rotatable bonds is 3. The number of para-hydroxylation sites is 3. The number of aromatic nitrogens is 3. The van der Waals surface area contributed by atoms with Gasteiger partial charge >= 0.3 is 20.1 Å². The first kappa shape index (κ1) is 31.6. The van der Waals surface area contributed by atoms with Gasteiger partial charge in [-0.1, -0.05) is 127 Å². The predicted octanol–water partition coefficient (Wildman–Crippen LogP) is 11.9. The summed E-state index contributed by atoms with van der Waals surface area (Å²) in [6.45, 7) is 0. The Kier molecular flexibility index (Phi) is 10.5. The van der Waals surface area contributed by atoms with Crippen LogP contribution in [0.25, 0.3) is 62.4 Å². The third-order valence-electron chi connectivity index (χ3n) is 6.94. The summed E-state index contributed by atoms with van der Waals surface area (Å²) in [4.78, 5) is 13.8. The Morgan fingerprint density at radius 3 is 0.783 bits per heavy atom. The molecule has 0 saturated carbocycles. The van der Waals surface area contributed by atoms with Gasteiger partial charge in [-0.3, -0.25) is 0 Å². The van der Waals surface area contributed by atoms with Crippen molar-refractivity contribution in [2.75, 3.05) is 0 Å². The first-order valence-electron chi connectivity index (χ1n) is 14.5. The average molecular weight is 826 g/mol. The van der Waals surface area contributed by atoms with E-state index in [0.29, 0.717) is 0 Å². The van der Waals surface area contributed by atoms with Crippen molar-refractivity contribution in [2.45, 2.75) is 0 Å². The fraction of sp³-hybridized carbons (Fsp3) is 0. The van der Waals surface area contributed by atoms with E-state index in [4.69, 9.17) is 0 Å². The third kappa shape index (κ3) is 7.53. The van der Waals surface area contributed by atoms with Crippen LogP contribution in [-0.2, 0) is 20.1 Å². The molecular formula is C39H27IrN3S3+3. The number of hydrogen-bond donors (Lipinski definition) is 0. The summed E-state index contributed by atoms with van der Waals surface area (Å²) in [7, 11) is 0. The quantitative estimate of drug-likeness (QED) is 0.178. The van der Waals surface area contributed by atoms with E-state index in [1.165, 1.54) is 30.8 Å². The van der Waals surface area contributed by atoms with Crippen molar-refractivity contribution in [3.8, 4) is 31.7 Å². The molecule has 0 atom stereocenters. The first-order valence-corrected chi connectivity index (χ1v) is 17.0. The summed E-state index contributed by atoms with van der Waals surface area (Å²) in [5.41, 5.74) is 6.83. The van der Waals surface area contributed by atoms with Gasteiger partial charge in [0.25, 0.3) is 0 Å². The van der Waals surface area contributed by atoms with Gasteiger partial charge in [0, 0.05) is 16.7 Å². The zero-order chi connectivity index (χ0) is 30.3. The molecule has 9 aromatic rings. The molecule has 3 nitrogen and oxygen atoms in total. The van der Waals surface area contributed by atoms with Crippen molar-refractivity contribution in [3.63, 3.8) is 0 Å². The van der Waals surface area contributed by atoms with Crippen molar-refractivity contribution >= 4 is 64.7 Å². The SMILES string of the molecule is [Ir+3].c1ccc(-c2nc3ccccc3s2)cc1.c1ccc(-c2nc3ccccc3s2)cc1.c1ccc(-c2nc3ccccc3s2)cc1. The molecule has 6 aromatic carbocycles. The van der Waals surface area contributed by atoms with E-state index >= 15 is 0 Å². The van der Waals surface area contributed by atoms with Crippen LogP contribution in [0, 0.1) is 0 Å². The molecule has 0 saturated heterocycles. The molecule has 0 aliphatic heterocycles. The van der Waals surface area contributed by atoms with Crippen LogP contribution in [0.15, 0.2) is 164 Å². The maximum absolute atomic E-state index is 4.60. The molecule has 7 heteroatoms. The molecule has 0 fully saturated rings.